The molecule has 37 heavy (non-hydrogen) atoms. The highest BCUT2D eigenvalue weighted by Crippen LogP contribution is 2.42. The molecule has 0 spiro atoms. The summed E-state index contributed by atoms with van der Waals surface area (Å²) >= 11 is 4.19. The number of thiophene rings is 2. The fourth-order valence-electron chi connectivity index (χ4n) is 6.71. The molecule has 0 amide bonds. The Labute approximate surface area is 240 Å². The SMILES string of the molecule is CCCCCCCCCCCC[Si]1(CCCCCCCCCCCC)c2cc(C)sc2-c2sc(C)cc21. The Bertz CT molecular complexity index is 804. The summed E-state index contributed by atoms with van der Waals surface area (Å²) in [4.78, 5) is 6.47. The molecule has 3 rings (SSSR count). The van der Waals surface area contributed by atoms with Crippen molar-refractivity contribution in [2.24, 2.45) is 0 Å². The third kappa shape index (κ3) is 9.35. The second kappa shape index (κ2) is 17.3. The molecule has 3 heterocycles. The molecule has 0 radical (unpaired) electrons. The third-order valence-electron chi connectivity index (χ3n) is 8.86. The van der Waals surface area contributed by atoms with Crippen LogP contribution in [0.1, 0.15) is 152 Å². The molecule has 0 fully saturated rings. The van der Waals surface area contributed by atoms with Gasteiger partial charge in [-0.05, 0) is 48.4 Å². The Morgan fingerprint density at radius 3 is 1.08 bits per heavy atom. The quantitative estimate of drug-likeness (QED) is 0.0995. The molecular weight excluding hydrogens is 501 g/mol. The van der Waals surface area contributed by atoms with Crippen LogP contribution >= 0.6 is 22.7 Å². The second-order valence-electron chi connectivity index (χ2n) is 12.1. The van der Waals surface area contributed by atoms with E-state index in [2.05, 4.69) is 62.5 Å². The minimum atomic E-state index is -1.59. The summed E-state index contributed by atoms with van der Waals surface area (Å²) in [7, 11) is -1.59. The van der Waals surface area contributed by atoms with E-state index < -0.39 is 8.07 Å². The average molecular weight is 559 g/mol. The lowest BCUT2D eigenvalue weighted by Gasteiger charge is -2.29. The molecule has 0 saturated carbocycles. The Morgan fingerprint density at radius 2 is 0.757 bits per heavy atom. The fraction of sp³-hybridized carbons (Fsp3) is 0.765. The Hall–Kier alpha value is -0.383. The fourth-order valence-corrected chi connectivity index (χ4v) is 16.0. The number of hydrogen-bond donors (Lipinski definition) is 0. The molecule has 0 aromatic carbocycles. The van der Waals surface area contributed by atoms with Crippen LogP contribution in [-0.2, 0) is 0 Å². The highest BCUT2D eigenvalue weighted by Gasteiger charge is 2.46. The first-order valence-electron chi connectivity index (χ1n) is 16.3. The van der Waals surface area contributed by atoms with E-state index in [4.69, 9.17) is 0 Å². The van der Waals surface area contributed by atoms with Gasteiger partial charge in [-0.3, -0.25) is 0 Å². The molecule has 0 aliphatic carbocycles. The van der Waals surface area contributed by atoms with Crippen LogP contribution in [0.2, 0.25) is 12.1 Å². The van der Waals surface area contributed by atoms with E-state index in [1.807, 2.05) is 10.4 Å². The molecule has 1 aliphatic heterocycles. The molecule has 2 aromatic heterocycles. The van der Waals surface area contributed by atoms with Gasteiger partial charge in [-0.1, -0.05) is 142 Å². The van der Waals surface area contributed by atoms with Crippen LogP contribution in [0.25, 0.3) is 9.75 Å². The van der Waals surface area contributed by atoms with E-state index in [1.165, 1.54) is 141 Å². The van der Waals surface area contributed by atoms with Crippen LogP contribution in [0.3, 0.4) is 0 Å². The van der Waals surface area contributed by atoms with Gasteiger partial charge in [0.1, 0.15) is 8.07 Å². The number of unbranched alkanes of at least 4 members (excludes halogenated alkanes) is 18. The number of aryl methyl sites for hydroxylation is 2. The monoisotopic (exact) mass is 558 g/mol. The molecule has 0 atom stereocenters. The van der Waals surface area contributed by atoms with Gasteiger partial charge < -0.3 is 0 Å². The van der Waals surface area contributed by atoms with Crippen molar-refractivity contribution in [3.63, 3.8) is 0 Å². The molecule has 0 unspecified atom stereocenters. The van der Waals surface area contributed by atoms with Gasteiger partial charge in [-0.25, -0.2) is 0 Å². The molecular formula is C34H58S2Si. The normalized spacial score (nSPS) is 13.8. The van der Waals surface area contributed by atoms with E-state index in [0.29, 0.717) is 0 Å². The predicted octanol–water partition coefficient (Wildman–Crippen LogP) is 11.8. The minimum absolute atomic E-state index is 1.36. The summed E-state index contributed by atoms with van der Waals surface area (Å²) < 4.78 is 0. The van der Waals surface area contributed by atoms with Crippen molar-refractivity contribution >= 4 is 41.1 Å². The van der Waals surface area contributed by atoms with Gasteiger partial charge >= 0.3 is 0 Å². The van der Waals surface area contributed by atoms with Crippen molar-refractivity contribution < 1.29 is 0 Å². The lowest BCUT2D eigenvalue weighted by Crippen LogP contribution is -2.54. The molecule has 2 aromatic rings. The second-order valence-corrected chi connectivity index (χ2v) is 18.9. The van der Waals surface area contributed by atoms with Crippen LogP contribution in [0.5, 0.6) is 0 Å². The maximum atomic E-state index is 2.64. The van der Waals surface area contributed by atoms with Gasteiger partial charge in [0.25, 0.3) is 0 Å². The average Bonchev–Trinajstić information content (AvgIpc) is 3.52. The zero-order valence-corrected chi connectivity index (χ0v) is 27.7. The first-order valence-corrected chi connectivity index (χ1v) is 20.4. The van der Waals surface area contributed by atoms with E-state index in [-0.39, 0.29) is 0 Å². The van der Waals surface area contributed by atoms with E-state index >= 15 is 0 Å². The molecule has 210 valence electrons. The molecule has 1 aliphatic rings. The smallest absolute Gasteiger partial charge is 0.122 e. The van der Waals surface area contributed by atoms with Gasteiger partial charge in [0.2, 0.25) is 0 Å². The van der Waals surface area contributed by atoms with Crippen molar-refractivity contribution in [3.8, 4) is 9.75 Å². The number of fused-ring (bicyclic) bond motifs is 3. The summed E-state index contributed by atoms with van der Waals surface area (Å²) in [6.45, 7) is 9.34. The van der Waals surface area contributed by atoms with Gasteiger partial charge in [-0.2, -0.15) is 0 Å². The molecule has 0 nitrogen and oxygen atoms in total. The Morgan fingerprint density at radius 1 is 0.459 bits per heavy atom. The zero-order valence-electron chi connectivity index (χ0n) is 25.0. The summed E-state index contributed by atoms with van der Waals surface area (Å²) in [5.41, 5.74) is 0. The Balaban J connectivity index is 1.50. The van der Waals surface area contributed by atoms with Crippen molar-refractivity contribution in [2.45, 2.75) is 168 Å². The van der Waals surface area contributed by atoms with E-state index in [0.717, 1.165) is 0 Å². The van der Waals surface area contributed by atoms with Crippen LogP contribution in [0.4, 0.5) is 0 Å². The van der Waals surface area contributed by atoms with Crippen molar-refractivity contribution in [2.75, 3.05) is 0 Å². The highest BCUT2D eigenvalue weighted by molar-refractivity contribution is 7.29. The van der Waals surface area contributed by atoms with Crippen LogP contribution in [-0.4, -0.2) is 8.07 Å². The first-order chi connectivity index (χ1) is 18.1. The largest absolute Gasteiger partial charge is 0.140 e. The predicted molar refractivity (Wildman–Crippen MR) is 175 cm³/mol. The lowest BCUT2D eigenvalue weighted by atomic mass is 10.1. The Kier molecular flexibility index (Phi) is 14.6. The summed E-state index contributed by atoms with van der Waals surface area (Å²) in [6, 6.07) is 8.29. The van der Waals surface area contributed by atoms with Gasteiger partial charge in [0.05, 0.1) is 0 Å². The van der Waals surface area contributed by atoms with Gasteiger partial charge in [0, 0.05) is 19.5 Å². The van der Waals surface area contributed by atoms with Crippen molar-refractivity contribution in [1.29, 1.82) is 0 Å². The van der Waals surface area contributed by atoms with Crippen LogP contribution < -0.4 is 10.4 Å². The summed E-state index contributed by atoms with van der Waals surface area (Å²) in [6.07, 6.45) is 29.0. The number of rotatable bonds is 22. The maximum Gasteiger partial charge on any atom is 0.122 e. The first kappa shape index (κ1) is 31.1. The number of hydrogen-bond acceptors (Lipinski definition) is 2. The summed E-state index contributed by atoms with van der Waals surface area (Å²) in [5.74, 6) is 0. The minimum Gasteiger partial charge on any atom is -0.140 e. The lowest BCUT2D eigenvalue weighted by molar-refractivity contribution is 0.559. The molecule has 0 N–H and O–H groups in total. The topological polar surface area (TPSA) is 0 Å². The third-order valence-corrected chi connectivity index (χ3v) is 16.8. The van der Waals surface area contributed by atoms with Crippen LogP contribution in [0, 0.1) is 13.8 Å². The standard InChI is InChI=1S/C34H58S2Si/c1-5-7-9-11-13-15-17-19-21-23-25-37(26-24-22-20-18-16-14-12-10-8-6-2)31-27-29(3)35-33(31)34-32(37)28-30(4)36-34/h27-28H,5-26H2,1-4H3. The molecule has 0 bridgehead atoms. The summed E-state index contributed by atoms with van der Waals surface area (Å²) in [5, 5.41) is 3.70. The van der Waals surface area contributed by atoms with Crippen molar-refractivity contribution in [1.82, 2.24) is 0 Å². The van der Waals surface area contributed by atoms with E-state index in [1.54, 1.807) is 19.5 Å². The van der Waals surface area contributed by atoms with Crippen molar-refractivity contribution in [3.05, 3.63) is 21.9 Å². The van der Waals surface area contributed by atoms with Crippen LogP contribution in [0.15, 0.2) is 12.1 Å². The molecule has 3 heteroatoms. The van der Waals surface area contributed by atoms with Gasteiger partial charge in [-0.15, -0.1) is 22.7 Å². The molecule has 0 saturated heterocycles. The highest BCUT2D eigenvalue weighted by atomic mass is 32.1. The van der Waals surface area contributed by atoms with Gasteiger partial charge in [0.15, 0.2) is 0 Å². The maximum absolute atomic E-state index is 2.64. The van der Waals surface area contributed by atoms with E-state index in [9.17, 15) is 0 Å². The zero-order chi connectivity index (χ0) is 26.3.